The van der Waals surface area contributed by atoms with Crippen LogP contribution in [0, 0.1) is 10.1 Å². The molecule has 1 rings (SSSR count). The maximum Gasteiger partial charge on any atom is 0.329 e. The highest BCUT2D eigenvalue weighted by molar-refractivity contribution is 6.31. The maximum absolute atomic E-state index is 11.4. The van der Waals surface area contributed by atoms with Crippen LogP contribution in [0.25, 0.3) is 0 Å². The van der Waals surface area contributed by atoms with Crippen molar-refractivity contribution in [3.63, 3.8) is 0 Å². The van der Waals surface area contributed by atoms with Crippen molar-refractivity contribution in [1.29, 1.82) is 0 Å². The normalized spacial score (nSPS) is 9.95. The van der Waals surface area contributed by atoms with Gasteiger partial charge in [-0.3, -0.25) is 14.9 Å². The molecule has 19 heavy (non-hydrogen) atoms. The van der Waals surface area contributed by atoms with Gasteiger partial charge < -0.3 is 15.2 Å². The molecule has 102 valence electrons. The van der Waals surface area contributed by atoms with Gasteiger partial charge in [0.25, 0.3) is 11.6 Å². The van der Waals surface area contributed by atoms with Crippen LogP contribution in [-0.4, -0.2) is 35.1 Å². The van der Waals surface area contributed by atoms with Crippen LogP contribution >= 0.6 is 11.6 Å². The molecule has 1 amide bonds. The number of nitro benzene ring substituents is 1. The number of nitrogens with zero attached hydrogens (tertiary/aromatic N) is 1. The van der Waals surface area contributed by atoms with Gasteiger partial charge in [0.05, 0.1) is 4.92 Å². The summed E-state index contributed by atoms with van der Waals surface area (Å²) in [6.45, 7) is -1.15. The number of rotatable bonds is 6. The minimum atomic E-state index is -1.22. The first-order chi connectivity index (χ1) is 8.90. The lowest BCUT2D eigenvalue weighted by molar-refractivity contribution is -0.383. The molecule has 0 aliphatic rings. The van der Waals surface area contributed by atoms with Crippen molar-refractivity contribution in [2.24, 2.45) is 0 Å². The highest BCUT2D eigenvalue weighted by Crippen LogP contribution is 2.27. The van der Waals surface area contributed by atoms with Crippen LogP contribution in [0.15, 0.2) is 18.2 Å². The predicted molar refractivity (Wildman–Crippen MR) is 65.2 cm³/mol. The van der Waals surface area contributed by atoms with Crippen molar-refractivity contribution in [2.75, 3.05) is 18.5 Å². The lowest BCUT2D eigenvalue weighted by Gasteiger charge is -2.06. The number of anilines is 1. The number of carbonyl (C=O) groups is 2. The molecule has 8 nitrogen and oxygen atoms in total. The minimum Gasteiger partial charge on any atom is -0.480 e. The third kappa shape index (κ3) is 4.90. The molecular weight excluding hydrogens is 280 g/mol. The van der Waals surface area contributed by atoms with Crippen molar-refractivity contribution in [3.8, 4) is 0 Å². The Morgan fingerprint density at radius 2 is 2.11 bits per heavy atom. The summed E-state index contributed by atoms with van der Waals surface area (Å²) in [5.74, 6) is -1.92. The van der Waals surface area contributed by atoms with E-state index in [2.05, 4.69) is 10.1 Å². The third-order valence-electron chi connectivity index (χ3n) is 1.89. The molecule has 0 unspecified atom stereocenters. The second kappa shape index (κ2) is 6.66. The van der Waals surface area contributed by atoms with E-state index in [0.29, 0.717) is 0 Å². The highest BCUT2D eigenvalue weighted by Gasteiger charge is 2.16. The second-order valence-corrected chi connectivity index (χ2v) is 3.79. The lowest BCUT2D eigenvalue weighted by Crippen LogP contribution is -2.21. The van der Waals surface area contributed by atoms with Gasteiger partial charge in [-0.1, -0.05) is 11.6 Å². The predicted octanol–water partition coefficient (Wildman–Crippen LogP) is 1.29. The molecule has 0 saturated heterocycles. The quantitative estimate of drug-likeness (QED) is 0.601. The van der Waals surface area contributed by atoms with E-state index in [0.717, 1.165) is 6.07 Å². The summed E-state index contributed by atoms with van der Waals surface area (Å²) in [6.07, 6.45) is 0. The zero-order valence-corrected chi connectivity index (χ0v) is 10.2. The molecule has 0 saturated carbocycles. The van der Waals surface area contributed by atoms with Crippen LogP contribution in [0.4, 0.5) is 11.4 Å². The van der Waals surface area contributed by atoms with E-state index in [1.54, 1.807) is 0 Å². The monoisotopic (exact) mass is 288 g/mol. The molecule has 1 aromatic carbocycles. The lowest BCUT2D eigenvalue weighted by atomic mass is 10.2. The van der Waals surface area contributed by atoms with Crippen LogP contribution in [0.1, 0.15) is 0 Å². The van der Waals surface area contributed by atoms with Gasteiger partial charge in [0.2, 0.25) is 0 Å². The van der Waals surface area contributed by atoms with Crippen molar-refractivity contribution in [2.45, 2.75) is 0 Å². The van der Waals surface area contributed by atoms with E-state index in [4.69, 9.17) is 16.7 Å². The molecular formula is C10H9ClN2O6. The number of halogens is 1. The van der Waals surface area contributed by atoms with Crippen LogP contribution in [-0.2, 0) is 14.3 Å². The Kier molecular flexibility index (Phi) is 5.22. The van der Waals surface area contributed by atoms with Gasteiger partial charge in [0.1, 0.15) is 18.9 Å². The Balaban J connectivity index is 2.68. The highest BCUT2D eigenvalue weighted by atomic mass is 35.5. The second-order valence-electron chi connectivity index (χ2n) is 3.35. The Labute approximate surface area is 112 Å². The maximum atomic E-state index is 11.4. The van der Waals surface area contributed by atoms with Gasteiger partial charge in [0, 0.05) is 11.1 Å². The first kappa shape index (κ1) is 14.9. The number of amides is 1. The topological polar surface area (TPSA) is 119 Å². The van der Waals surface area contributed by atoms with Crippen molar-refractivity contribution in [1.82, 2.24) is 0 Å². The number of carboxylic acids is 1. The Bertz CT molecular complexity index is 519. The zero-order chi connectivity index (χ0) is 14.4. The van der Waals surface area contributed by atoms with Crippen LogP contribution in [0.2, 0.25) is 5.02 Å². The molecule has 2 N–H and O–H groups in total. The molecule has 0 radical (unpaired) electrons. The number of carbonyl (C=O) groups excluding carboxylic acids is 1. The molecule has 0 atom stereocenters. The van der Waals surface area contributed by atoms with Gasteiger partial charge in [-0.25, -0.2) is 4.79 Å². The summed E-state index contributed by atoms with van der Waals surface area (Å²) >= 11 is 5.61. The van der Waals surface area contributed by atoms with Crippen LogP contribution < -0.4 is 5.32 Å². The molecule has 0 aromatic heterocycles. The van der Waals surface area contributed by atoms with Crippen LogP contribution in [0.5, 0.6) is 0 Å². The molecule has 1 aromatic rings. The van der Waals surface area contributed by atoms with Crippen molar-refractivity contribution < 1.29 is 24.4 Å². The van der Waals surface area contributed by atoms with E-state index in [9.17, 15) is 19.7 Å². The number of ether oxygens (including phenoxy) is 1. The molecule has 0 heterocycles. The third-order valence-corrected chi connectivity index (χ3v) is 2.12. The van der Waals surface area contributed by atoms with Crippen molar-refractivity contribution >= 4 is 34.9 Å². The number of aliphatic carboxylic acids is 1. The van der Waals surface area contributed by atoms with E-state index in [1.165, 1.54) is 12.1 Å². The average molecular weight is 289 g/mol. The molecule has 0 spiro atoms. The molecule has 0 aliphatic heterocycles. The Morgan fingerprint density at radius 1 is 1.42 bits per heavy atom. The molecule has 0 aliphatic carbocycles. The average Bonchev–Trinajstić information content (AvgIpc) is 2.30. The fourth-order valence-electron chi connectivity index (χ4n) is 1.18. The van der Waals surface area contributed by atoms with Gasteiger partial charge >= 0.3 is 5.97 Å². The summed E-state index contributed by atoms with van der Waals surface area (Å²) in [7, 11) is 0. The first-order valence-corrected chi connectivity index (χ1v) is 5.31. The van der Waals surface area contributed by atoms with E-state index in [1.807, 2.05) is 0 Å². The smallest absolute Gasteiger partial charge is 0.329 e. The van der Waals surface area contributed by atoms with Crippen molar-refractivity contribution in [3.05, 3.63) is 33.3 Å². The Morgan fingerprint density at radius 3 is 2.68 bits per heavy atom. The van der Waals surface area contributed by atoms with E-state index < -0.39 is 30.0 Å². The number of carboxylic acid groups (broad SMARTS) is 1. The fourth-order valence-corrected chi connectivity index (χ4v) is 1.35. The molecule has 0 bridgehead atoms. The largest absolute Gasteiger partial charge is 0.480 e. The molecule has 0 fully saturated rings. The van der Waals surface area contributed by atoms with Gasteiger partial charge in [-0.2, -0.15) is 0 Å². The summed E-state index contributed by atoms with van der Waals surface area (Å²) in [6, 6.07) is 3.74. The van der Waals surface area contributed by atoms with E-state index >= 15 is 0 Å². The number of hydrogen-bond donors (Lipinski definition) is 2. The van der Waals surface area contributed by atoms with Crippen LogP contribution in [0.3, 0.4) is 0 Å². The SMILES string of the molecule is O=C(O)COCC(=O)Nc1ccc(Cl)cc1[N+](=O)[O-]. The number of benzene rings is 1. The number of nitro groups is 1. The first-order valence-electron chi connectivity index (χ1n) is 4.93. The standard InChI is InChI=1S/C10H9ClN2O6/c11-6-1-2-7(8(3-6)13(17)18)12-9(14)4-19-5-10(15)16/h1-3H,4-5H2,(H,12,14)(H,15,16). The van der Waals surface area contributed by atoms with Gasteiger partial charge in [0.15, 0.2) is 0 Å². The number of nitrogens with one attached hydrogen (secondary N) is 1. The van der Waals surface area contributed by atoms with Gasteiger partial charge in [-0.15, -0.1) is 0 Å². The summed E-state index contributed by atoms with van der Waals surface area (Å²) in [5, 5.41) is 21.4. The Hall–Kier alpha value is -2.19. The van der Waals surface area contributed by atoms with Gasteiger partial charge in [-0.05, 0) is 12.1 Å². The zero-order valence-electron chi connectivity index (χ0n) is 9.46. The summed E-state index contributed by atoms with van der Waals surface area (Å²) in [4.78, 5) is 31.6. The minimum absolute atomic E-state index is 0.0432. The molecule has 9 heteroatoms. The fraction of sp³-hybridized carbons (Fsp3) is 0.200. The summed E-state index contributed by atoms with van der Waals surface area (Å²) < 4.78 is 4.55. The number of hydrogen-bond acceptors (Lipinski definition) is 5. The van der Waals surface area contributed by atoms with E-state index in [-0.39, 0.29) is 16.4 Å². The summed E-state index contributed by atoms with van der Waals surface area (Å²) in [5.41, 5.74) is -0.405.